The third kappa shape index (κ3) is 2.60. The van der Waals surface area contributed by atoms with Gasteiger partial charge in [0.25, 0.3) is 0 Å². The molecule has 0 saturated heterocycles. The van der Waals surface area contributed by atoms with Gasteiger partial charge in [-0.2, -0.15) is 0 Å². The lowest BCUT2D eigenvalue weighted by Gasteiger charge is -2.12. The number of hydrogen-bond donors (Lipinski definition) is 0. The summed E-state index contributed by atoms with van der Waals surface area (Å²) in [6.45, 7) is 6.86. The number of ether oxygens (including phenoxy) is 1. The van der Waals surface area contributed by atoms with E-state index in [1.807, 2.05) is 31.2 Å². The molecule has 0 atom stereocenters. The minimum absolute atomic E-state index is 0.0828. The summed E-state index contributed by atoms with van der Waals surface area (Å²) in [5.74, 6) is 0.541. The van der Waals surface area contributed by atoms with Crippen LogP contribution in [0.25, 0.3) is 22.1 Å². The first-order valence-electron chi connectivity index (χ1n) is 7.71. The fourth-order valence-electron chi connectivity index (χ4n) is 2.91. The zero-order valence-electron chi connectivity index (χ0n) is 14.1. The zero-order chi connectivity index (χ0) is 17.4. The van der Waals surface area contributed by atoms with Crippen molar-refractivity contribution in [2.75, 3.05) is 0 Å². The van der Waals surface area contributed by atoms with Gasteiger partial charge in [0.15, 0.2) is 0 Å². The summed E-state index contributed by atoms with van der Waals surface area (Å²) < 4.78 is 11.1. The van der Waals surface area contributed by atoms with Gasteiger partial charge in [-0.05, 0) is 44.0 Å². The van der Waals surface area contributed by atoms with Crippen molar-refractivity contribution in [2.45, 2.75) is 27.7 Å². The van der Waals surface area contributed by atoms with Crippen molar-refractivity contribution >= 4 is 16.9 Å². The summed E-state index contributed by atoms with van der Waals surface area (Å²) in [4.78, 5) is 24.2. The van der Waals surface area contributed by atoms with Crippen molar-refractivity contribution in [3.63, 3.8) is 0 Å². The lowest BCUT2D eigenvalue weighted by Crippen LogP contribution is -2.10. The monoisotopic (exact) mass is 322 g/mol. The molecule has 0 N–H and O–H groups in total. The van der Waals surface area contributed by atoms with Crippen LogP contribution in [0, 0.1) is 20.8 Å². The second kappa shape index (κ2) is 5.96. The Morgan fingerprint density at radius 2 is 1.75 bits per heavy atom. The number of benzene rings is 2. The molecule has 0 unspecified atom stereocenters. The van der Waals surface area contributed by atoms with E-state index in [0.717, 1.165) is 11.1 Å². The lowest BCUT2D eigenvalue weighted by molar-refractivity contribution is -0.131. The first-order valence-corrected chi connectivity index (χ1v) is 7.71. The molecular formula is C20H18O4. The molecule has 0 fully saturated rings. The normalized spacial score (nSPS) is 10.8. The largest absolute Gasteiger partial charge is 0.460 e. The molecule has 0 aliphatic carbocycles. The number of carbonyl (C=O) groups is 1. The lowest BCUT2D eigenvalue weighted by atomic mass is 9.98. The number of hydrogen-bond acceptors (Lipinski definition) is 4. The summed E-state index contributed by atoms with van der Waals surface area (Å²) in [5.41, 5.74) is 3.46. The van der Waals surface area contributed by atoms with Crippen molar-refractivity contribution in [1.82, 2.24) is 0 Å². The topological polar surface area (TPSA) is 56.5 Å². The van der Waals surface area contributed by atoms with E-state index in [0.29, 0.717) is 33.6 Å². The van der Waals surface area contributed by atoms with Crippen LogP contribution in [0.3, 0.4) is 0 Å². The highest BCUT2D eigenvalue weighted by atomic mass is 16.5. The Hall–Kier alpha value is -2.88. The molecule has 4 heteroatoms. The van der Waals surface area contributed by atoms with E-state index in [-0.39, 0.29) is 5.43 Å². The molecule has 3 aromatic rings. The Balaban J connectivity index is 2.32. The number of aryl methyl sites for hydroxylation is 3. The van der Waals surface area contributed by atoms with Crippen molar-refractivity contribution in [3.05, 3.63) is 63.5 Å². The smallest absolute Gasteiger partial charge is 0.308 e. The summed E-state index contributed by atoms with van der Waals surface area (Å²) in [6.07, 6.45) is 0. The maximum atomic E-state index is 13.0. The van der Waals surface area contributed by atoms with Crippen LogP contribution in [0.2, 0.25) is 0 Å². The molecule has 3 rings (SSSR count). The second-order valence-corrected chi connectivity index (χ2v) is 5.84. The Morgan fingerprint density at radius 1 is 1.04 bits per heavy atom. The van der Waals surface area contributed by atoms with Crippen LogP contribution < -0.4 is 10.2 Å². The van der Waals surface area contributed by atoms with Gasteiger partial charge in [0.05, 0.1) is 10.9 Å². The Labute approximate surface area is 139 Å². The van der Waals surface area contributed by atoms with Crippen molar-refractivity contribution in [3.8, 4) is 16.9 Å². The minimum Gasteiger partial charge on any atom is -0.460 e. The quantitative estimate of drug-likeness (QED) is 0.521. The van der Waals surface area contributed by atoms with Gasteiger partial charge in [-0.25, -0.2) is 0 Å². The zero-order valence-corrected chi connectivity index (χ0v) is 14.1. The van der Waals surface area contributed by atoms with E-state index in [1.165, 1.54) is 6.92 Å². The fraction of sp³-hybridized carbons (Fsp3) is 0.200. The van der Waals surface area contributed by atoms with Gasteiger partial charge in [-0.15, -0.1) is 0 Å². The van der Waals surface area contributed by atoms with Crippen LogP contribution >= 0.6 is 0 Å². The van der Waals surface area contributed by atoms with Crippen molar-refractivity contribution < 1.29 is 13.9 Å². The minimum atomic E-state index is -0.409. The molecular weight excluding hydrogens is 304 g/mol. The van der Waals surface area contributed by atoms with E-state index in [4.69, 9.17) is 9.15 Å². The second-order valence-electron chi connectivity index (χ2n) is 5.84. The molecule has 0 amide bonds. The molecule has 0 radical (unpaired) electrons. The van der Waals surface area contributed by atoms with E-state index in [9.17, 15) is 9.59 Å². The maximum absolute atomic E-state index is 13.0. The molecule has 0 aliphatic rings. The van der Waals surface area contributed by atoms with Gasteiger partial charge < -0.3 is 9.15 Å². The van der Waals surface area contributed by atoms with E-state index >= 15 is 0 Å². The Bertz CT molecular complexity index is 1010. The van der Waals surface area contributed by atoms with E-state index in [1.54, 1.807) is 26.0 Å². The number of fused-ring (bicyclic) bond motifs is 1. The predicted octanol–water partition coefficient (Wildman–Crippen LogP) is 4.31. The summed E-state index contributed by atoms with van der Waals surface area (Å²) in [7, 11) is 0. The van der Waals surface area contributed by atoms with Gasteiger partial charge in [-0.3, -0.25) is 9.59 Å². The highest BCUT2D eigenvalue weighted by Gasteiger charge is 2.18. The molecule has 0 aliphatic heterocycles. The molecule has 2 aromatic carbocycles. The van der Waals surface area contributed by atoms with Crippen molar-refractivity contribution in [1.29, 1.82) is 0 Å². The molecule has 122 valence electrons. The first kappa shape index (κ1) is 16.0. The molecule has 4 nitrogen and oxygen atoms in total. The Morgan fingerprint density at radius 3 is 2.42 bits per heavy atom. The highest BCUT2D eigenvalue weighted by Crippen LogP contribution is 2.31. The number of carbonyl (C=O) groups excluding carboxylic acids is 1. The molecule has 0 spiro atoms. The van der Waals surface area contributed by atoms with E-state index in [2.05, 4.69) is 0 Å². The summed E-state index contributed by atoms with van der Waals surface area (Å²) in [6, 6.07) is 11.0. The van der Waals surface area contributed by atoms with Crippen LogP contribution in [0.1, 0.15) is 23.8 Å². The van der Waals surface area contributed by atoms with Crippen LogP contribution in [-0.4, -0.2) is 5.97 Å². The first-order chi connectivity index (χ1) is 11.4. The molecule has 0 saturated carbocycles. The third-order valence-electron chi connectivity index (χ3n) is 4.10. The van der Waals surface area contributed by atoms with Crippen LogP contribution in [0.15, 0.2) is 45.6 Å². The summed E-state index contributed by atoms with van der Waals surface area (Å²) in [5, 5.41) is 0.479. The van der Waals surface area contributed by atoms with Crippen LogP contribution in [0.4, 0.5) is 0 Å². The number of rotatable bonds is 2. The third-order valence-corrected chi connectivity index (χ3v) is 4.10. The van der Waals surface area contributed by atoms with Gasteiger partial charge >= 0.3 is 5.97 Å². The van der Waals surface area contributed by atoms with Gasteiger partial charge in [0.2, 0.25) is 5.43 Å². The molecule has 1 heterocycles. The van der Waals surface area contributed by atoms with Crippen molar-refractivity contribution in [2.24, 2.45) is 0 Å². The molecule has 1 aromatic heterocycles. The highest BCUT2D eigenvalue weighted by molar-refractivity contribution is 5.87. The average molecular weight is 322 g/mol. The predicted molar refractivity (Wildman–Crippen MR) is 93.4 cm³/mol. The molecule has 24 heavy (non-hydrogen) atoms. The standard InChI is InChI=1S/C20H18O4/c1-11-7-5-6-8-15(11)18-13(3)23-20-12(2)17(24-14(4)21)10-9-16(20)19(18)22/h5-10H,1-4H3. The maximum Gasteiger partial charge on any atom is 0.308 e. The van der Waals surface area contributed by atoms with Crippen LogP contribution in [-0.2, 0) is 4.79 Å². The van der Waals surface area contributed by atoms with Gasteiger partial charge in [-0.1, -0.05) is 24.3 Å². The number of esters is 1. The average Bonchev–Trinajstić information content (AvgIpc) is 2.52. The Kier molecular flexibility index (Phi) is 3.97. The fourth-order valence-corrected chi connectivity index (χ4v) is 2.91. The summed E-state index contributed by atoms with van der Waals surface area (Å²) >= 11 is 0. The van der Waals surface area contributed by atoms with Gasteiger partial charge in [0, 0.05) is 12.5 Å². The van der Waals surface area contributed by atoms with Crippen LogP contribution in [0.5, 0.6) is 5.75 Å². The molecule has 0 bridgehead atoms. The van der Waals surface area contributed by atoms with E-state index < -0.39 is 5.97 Å². The van der Waals surface area contributed by atoms with Gasteiger partial charge in [0.1, 0.15) is 17.1 Å². The SMILES string of the molecule is CC(=O)Oc1ccc2c(=O)c(-c3ccccc3C)c(C)oc2c1C.